The van der Waals surface area contributed by atoms with Crippen LogP contribution in [0.15, 0.2) is 84.9 Å². The quantitative estimate of drug-likeness (QED) is 0.0977. The zero-order valence-corrected chi connectivity index (χ0v) is 41.1. The molecular formula is C46H48Cl2N6O11S3. The Labute approximate surface area is 414 Å². The fraction of sp³-hybridized carbons (Fsp3) is 0.326. The van der Waals surface area contributed by atoms with E-state index in [0.29, 0.717) is 66.4 Å². The van der Waals surface area contributed by atoms with Crippen molar-refractivity contribution in [2.24, 2.45) is 0 Å². The van der Waals surface area contributed by atoms with Crippen LogP contribution in [-0.4, -0.2) is 120 Å². The number of hydrogen-bond acceptors (Lipinski definition) is 14. The van der Waals surface area contributed by atoms with Crippen LogP contribution < -0.4 is 30.2 Å². The molecule has 4 fully saturated rings. The molecule has 360 valence electrons. The Kier molecular flexibility index (Phi) is 18.9. The highest BCUT2D eigenvalue weighted by atomic mass is 35.5. The number of rotatable bonds is 11. The van der Waals surface area contributed by atoms with Gasteiger partial charge in [0.05, 0.1) is 57.8 Å². The first-order valence-electron chi connectivity index (χ1n) is 21.1. The average molecular weight is 1030 g/mol. The number of amides is 6. The topological polar surface area (TPSA) is 193 Å². The van der Waals surface area contributed by atoms with Gasteiger partial charge in [-0.05, 0) is 106 Å². The van der Waals surface area contributed by atoms with Crippen molar-refractivity contribution in [2.75, 3.05) is 85.3 Å². The van der Waals surface area contributed by atoms with Crippen molar-refractivity contribution in [2.45, 2.75) is 33.0 Å². The minimum absolute atomic E-state index is 0.0758. The number of cyclic esters (lactones) is 2. The normalized spacial score (nSPS) is 17.7. The standard InChI is InChI=1S/C20H21N3O5S.C15H17N3O5.C6H5ClOS.C5H5ClS/c1-13-2-7-17(29-13)19(25)21-10-16-11-23(20(26)28-16)15-5-3-14(4-6-15)22-8-9-27-12-18(22)24;19-10-16-7-13-8-18(15(21)23-13)12-3-1-11(2-4-12)17-5-6-22-9-14(17)20;1-4(8)5-2-3-6(7)9-5;1-4-2-3-5(6)7-4/h2-7,16H,8-12H2,1H3,(H,21,25);1-4,10,13H,5-9H2,(H,16,19);2-3H,1H3;2-3H,1H3/t16-;13-;;/m00../s1. The van der Waals surface area contributed by atoms with Crippen molar-refractivity contribution < 1.29 is 52.5 Å². The molecule has 17 nitrogen and oxygen atoms in total. The van der Waals surface area contributed by atoms with Gasteiger partial charge in [0, 0.05) is 45.6 Å². The van der Waals surface area contributed by atoms with Gasteiger partial charge in [-0.25, -0.2) is 9.59 Å². The van der Waals surface area contributed by atoms with Crippen LogP contribution in [0.2, 0.25) is 8.67 Å². The maximum Gasteiger partial charge on any atom is 0.414 e. The molecule has 9 rings (SSSR count). The molecule has 3 aromatic heterocycles. The molecule has 22 heteroatoms. The Morgan fingerprint density at radius 1 is 0.618 bits per heavy atom. The highest BCUT2D eigenvalue weighted by Crippen LogP contribution is 2.28. The fourth-order valence-corrected chi connectivity index (χ4v) is 9.55. The first-order chi connectivity index (χ1) is 32.7. The summed E-state index contributed by atoms with van der Waals surface area (Å²) in [7, 11) is 0. The number of carbonyl (C=O) groups excluding carboxylic acids is 7. The van der Waals surface area contributed by atoms with Crippen LogP contribution in [0.25, 0.3) is 0 Å². The van der Waals surface area contributed by atoms with Crippen molar-refractivity contribution in [1.29, 1.82) is 0 Å². The average Bonchev–Trinajstić information content (AvgIpc) is 4.19. The van der Waals surface area contributed by atoms with Crippen LogP contribution in [0.3, 0.4) is 0 Å². The lowest BCUT2D eigenvalue weighted by Gasteiger charge is -2.27. The molecule has 0 saturated carbocycles. The first-order valence-corrected chi connectivity index (χ1v) is 24.3. The summed E-state index contributed by atoms with van der Waals surface area (Å²) in [6.45, 7) is 8.97. The van der Waals surface area contributed by atoms with Gasteiger partial charge < -0.3 is 39.4 Å². The SMILES string of the molecule is CC(=O)c1ccc(Cl)s1.Cc1ccc(C(=O)NC[C@H]2CN(c3ccc(N4CCOCC4=O)cc3)C(=O)O2)s1.Cc1ccc(Cl)s1.O=CNC[C@H]1CN(c2ccc(N3CCOCC3=O)cc2)C(=O)O1. The summed E-state index contributed by atoms with van der Waals surface area (Å²) in [6.07, 6.45) is -1.12. The van der Waals surface area contributed by atoms with Gasteiger partial charge in [0.1, 0.15) is 25.4 Å². The third kappa shape index (κ3) is 14.6. The van der Waals surface area contributed by atoms with E-state index in [1.807, 2.05) is 32.0 Å². The third-order valence-electron chi connectivity index (χ3n) is 10.2. The molecule has 7 heterocycles. The molecule has 6 amide bonds. The minimum atomic E-state index is -0.452. The Morgan fingerprint density at radius 3 is 1.43 bits per heavy atom. The minimum Gasteiger partial charge on any atom is -0.442 e. The lowest BCUT2D eigenvalue weighted by molar-refractivity contribution is -0.126. The zero-order chi connectivity index (χ0) is 48.7. The Hall–Kier alpha value is -5.87. The largest absolute Gasteiger partial charge is 0.442 e. The number of ketones is 1. The van der Waals surface area contributed by atoms with Crippen LogP contribution >= 0.6 is 57.2 Å². The molecule has 5 aromatic rings. The molecule has 68 heavy (non-hydrogen) atoms. The van der Waals surface area contributed by atoms with Crippen molar-refractivity contribution in [3.8, 4) is 0 Å². The molecule has 2 aromatic carbocycles. The van der Waals surface area contributed by atoms with Gasteiger partial charge in [0.25, 0.3) is 17.7 Å². The van der Waals surface area contributed by atoms with E-state index in [9.17, 15) is 33.6 Å². The number of hydrogen-bond donors (Lipinski definition) is 2. The molecule has 0 spiro atoms. The number of aryl methyl sites for hydroxylation is 2. The predicted molar refractivity (Wildman–Crippen MR) is 263 cm³/mol. The number of morpholine rings is 2. The molecule has 0 bridgehead atoms. The van der Waals surface area contributed by atoms with E-state index in [1.54, 1.807) is 87.9 Å². The number of thiophene rings is 3. The maximum absolute atomic E-state index is 12.3. The van der Waals surface area contributed by atoms with Crippen molar-refractivity contribution in [1.82, 2.24) is 10.6 Å². The Morgan fingerprint density at radius 2 is 1.06 bits per heavy atom. The molecule has 0 radical (unpaired) electrons. The van der Waals surface area contributed by atoms with Crippen LogP contribution in [0.5, 0.6) is 0 Å². The molecule has 4 saturated heterocycles. The van der Waals surface area contributed by atoms with E-state index in [0.717, 1.165) is 25.5 Å². The molecule has 2 atom stereocenters. The molecule has 0 unspecified atom stereocenters. The summed E-state index contributed by atoms with van der Waals surface area (Å²) in [5.74, 6) is -0.255. The summed E-state index contributed by atoms with van der Waals surface area (Å²) in [4.78, 5) is 91.0. The molecule has 0 aliphatic carbocycles. The molecule has 4 aliphatic heterocycles. The number of Topliss-reactive ketones (excluding diaryl/α,β-unsaturated/α-hetero) is 1. The van der Waals surface area contributed by atoms with Gasteiger partial charge in [0.15, 0.2) is 5.78 Å². The summed E-state index contributed by atoms with van der Waals surface area (Å²) in [5.41, 5.74) is 2.91. The maximum atomic E-state index is 12.3. The fourth-order valence-electron chi connectivity index (χ4n) is 6.82. The predicted octanol–water partition coefficient (Wildman–Crippen LogP) is 7.61. The number of halogens is 2. The van der Waals surface area contributed by atoms with Crippen LogP contribution in [0, 0.1) is 13.8 Å². The second-order valence-electron chi connectivity index (χ2n) is 15.1. The highest BCUT2D eigenvalue weighted by Gasteiger charge is 2.34. The summed E-state index contributed by atoms with van der Waals surface area (Å²) in [6, 6.07) is 25.4. The monoisotopic (exact) mass is 1030 g/mol. The second-order valence-corrected chi connectivity index (χ2v) is 20.0. The first kappa shape index (κ1) is 51.5. The van der Waals surface area contributed by atoms with Gasteiger partial charge in [-0.1, -0.05) is 23.2 Å². The van der Waals surface area contributed by atoms with Crippen LogP contribution in [-0.2, 0) is 33.3 Å². The van der Waals surface area contributed by atoms with E-state index in [4.69, 9.17) is 42.1 Å². The number of anilines is 4. The van der Waals surface area contributed by atoms with Gasteiger partial charge in [-0.2, -0.15) is 0 Å². The lowest BCUT2D eigenvalue weighted by Crippen LogP contribution is -2.41. The van der Waals surface area contributed by atoms with Gasteiger partial charge in [-0.3, -0.25) is 33.8 Å². The van der Waals surface area contributed by atoms with Gasteiger partial charge >= 0.3 is 12.2 Å². The number of nitrogens with one attached hydrogen (secondary N) is 2. The van der Waals surface area contributed by atoms with Gasteiger partial charge in [0.2, 0.25) is 6.41 Å². The lowest BCUT2D eigenvalue weighted by atomic mass is 10.2. The Bertz CT molecular complexity index is 2540. The molecular weight excluding hydrogens is 980 g/mol. The van der Waals surface area contributed by atoms with E-state index in [2.05, 4.69) is 10.6 Å². The van der Waals surface area contributed by atoms with E-state index >= 15 is 0 Å². The molecule has 4 aliphatic rings. The summed E-state index contributed by atoms with van der Waals surface area (Å²) in [5, 5.41) is 5.31. The van der Waals surface area contributed by atoms with Gasteiger partial charge in [-0.15, -0.1) is 34.0 Å². The number of carbonyl (C=O) groups is 7. The van der Waals surface area contributed by atoms with E-state index < -0.39 is 18.3 Å². The molecule has 2 N–H and O–H groups in total. The van der Waals surface area contributed by atoms with Crippen molar-refractivity contribution in [3.05, 3.63) is 113 Å². The van der Waals surface area contributed by atoms with E-state index in [-0.39, 0.29) is 55.9 Å². The zero-order valence-electron chi connectivity index (χ0n) is 37.1. The number of nitrogens with zero attached hydrogens (tertiary/aromatic N) is 4. The Balaban J connectivity index is 0.000000171. The second kappa shape index (κ2) is 24.9. The smallest absolute Gasteiger partial charge is 0.414 e. The number of ether oxygens (including phenoxy) is 4. The van der Waals surface area contributed by atoms with Crippen LogP contribution in [0.4, 0.5) is 32.3 Å². The van der Waals surface area contributed by atoms with Crippen LogP contribution in [0.1, 0.15) is 36.0 Å². The van der Waals surface area contributed by atoms with E-state index in [1.165, 1.54) is 44.3 Å². The number of benzene rings is 2. The summed E-state index contributed by atoms with van der Waals surface area (Å²) < 4.78 is 22.3. The van der Waals surface area contributed by atoms with Crippen molar-refractivity contribution in [3.63, 3.8) is 0 Å². The highest BCUT2D eigenvalue weighted by molar-refractivity contribution is 7.18. The third-order valence-corrected chi connectivity index (χ3v) is 13.7. The van der Waals surface area contributed by atoms with Crippen molar-refractivity contribution >= 4 is 122 Å². The summed E-state index contributed by atoms with van der Waals surface area (Å²) >= 11 is 15.5.